The second kappa shape index (κ2) is 11.9. The number of likely N-dealkylation sites (tertiary alicyclic amines) is 1. The van der Waals surface area contributed by atoms with Crippen molar-refractivity contribution in [3.63, 3.8) is 0 Å². The molecule has 0 aliphatic carbocycles. The van der Waals surface area contributed by atoms with Crippen LogP contribution in [0.3, 0.4) is 0 Å². The Hall–Kier alpha value is 0.270. The molecule has 25 heavy (non-hydrogen) atoms. The van der Waals surface area contributed by atoms with Crippen molar-refractivity contribution in [2.75, 3.05) is 58.7 Å². The molecule has 5 nitrogen and oxygen atoms in total. The van der Waals surface area contributed by atoms with Crippen molar-refractivity contribution in [1.29, 1.82) is 0 Å². The van der Waals surface area contributed by atoms with Gasteiger partial charge in [-0.25, -0.2) is 0 Å². The number of aliphatic imine (C=N–C) groups is 1. The quantitative estimate of drug-likeness (QED) is 0.342. The van der Waals surface area contributed by atoms with Gasteiger partial charge in [0.2, 0.25) is 0 Å². The van der Waals surface area contributed by atoms with Crippen molar-refractivity contribution in [2.24, 2.45) is 4.99 Å². The molecule has 1 unspecified atom stereocenters. The number of halogens is 1. The lowest BCUT2D eigenvalue weighted by Gasteiger charge is -2.35. The maximum Gasteiger partial charge on any atom is 0.194 e. The molecule has 0 aromatic heterocycles. The van der Waals surface area contributed by atoms with Crippen LogP contribution >= 0.6 is 35.7 Å². The molecule has 148 valence electrons. The molecule has 2 saturated heterocycles. The summed E-state index contributed by atoms with van der Waals surface area (Å²) in [4.78, 5) is 10.1. The lowest BCUT2D eigenvalue weighted by atomic mass is 9.99. The highest BCUT2D eigenvalue weighted by molar-refractivity contribution is 14.0. The zero-order valence-corrected chi connectivity index (χ0v) is 19.6. The second-order valence-corrected chi connectivity index (χ2v) is 8.05. The Morgan fingerprint density at radius 2 is 1.96 bits per heavy atom. The van der Waals surface area contributed by atoms with Gasteiger partial charge in [0, 0.05) is 43.6 Å². The number of likely N-dealkylation sites (N-methyl/N-ethyl adjacent to an activating group) is 1. The summed E-state index contributed by atoms with van der Waals surface area (Å²) in [6.07, 6.45) is 5.69. The molecular weight excluding hydrogens is 447 g/mol. The number of hydrogen-bond donors (Lipinski definition) is 1. The third-order valence-corrected chi connectivity index (χ3v) is 6.88. The van der Waals surface area contributed by atoms with E-state index in [1.807, 2.05) is 11.8 Å². The molecule has 2 fully saturated rings. The summed E-state index contributed by atoms with van der Waals surface area (Å²) >= 11 is 1.97. The summed E-state index contributed by atoms with van der Waals surface area (Å²) in [5.41, 5.74) is 0. The van der Waals surface area contributed by atoms with E-state index in [1.165, 1.54) is 6.42 Å². The SMILES string of the molecule is CCNC(=NCC1(SC)CCOCC1)N1CCC(N(CC)CC)C1.I. The first kappa shape index (κ1) is 23.3. The van der Waals surface area contributed by atoms with Crippen molar-refractivity contribution >= 4 is 41.7 Å². The summed E-state index contributed by atoms with van der Waals surface area (Å²) < 4.78 is 5.81. The van der Waals surface area contributed by atoms with Crippen molar-refractivity contribution < 1.29 is 4.74 Å². The van der Waals surface area contributed by atoms with Crippen molar-refractivity contribution in [1.82, 2.24) is 15.1 Å². The number of nitrogens with one attached hydrogen (secondary N) is 1. The zero-order valence-electron chi connectivity index (χ0n) is 16.4. The van der Waals surface area contributed by atoms with Crippen molar-refractivity contribution in [3.05, 3.63) is 0 Å². The lowest BCUT2D eigenvalue weighted by Crippen LogP contribution is -2.44. The van der Waals surface area contributed by atoms with Crippen LogP contribution < -0.4 is 5.32 Å². The van der Waals surface area contributed by atoms with Crippen LogP contribution in [-0.2, 0) is 4.74 Å². The monoisotopic (exact) mass is 484 g/mol. The number of rotatable bonds is 7. The Kier molecular flexibility index (Phi) is 11.1. The Morgan fingerprint density at radius 1 is 1.28 bits per heavy atom. The van der Waals surface area contributed by atoms with Crippen LogP contribution in [0.25, 0.3) is 0 Å². The molecule has 7 heteroatoms. The van der Waals surface area contributed by atoms with Gasteiger partial charge in [-0.05, 0) is 45.5 Å². The van der Waals surface area contributed by atoms with Crippen LogP contribution in [0.15, 0.2) is 4.99 Å². The van der Waals surface area contributed by atoms with Crippen molar-refractivity contribution in [2.45, 2.75) is 50.8 Å². The first-order chi connectivity index (χ1) is 11.7. The number of ether oxygens (including phenoxy) is 1. The fourth-order valence-corrected chi connectivity index (χ4v) is 4.56. The minimum Gasteiger partial charge on any atom is -0.381 e. The summed E-state index contributed by atoms with van der Waals surface area (Å²) in [7, 11) is 0. The number of nitrogens with zero attached hydrogens (tertiary/aromatic N) is 3. The van der Waals surface area contributed by atoms with Gasteiger partial charge in [0.05, 0.1) is 6.54 Å². The average Bonchev–Trinajstić information content (AvgIpc) is 3.10. The van der Waals surface area contributed by atoms with Crippen LogP contribution in [0, 0.1) is 0 Å². The van der Waals surface area contributed by atoms with Gasteiger partial charge >= 0.3 is 0 Å². The molecule has 2 heterocycles. The van der Waals surface area contributed by atoms with Crippen LogP contribution in [0.5, 0.6) is 0 Å². The Morgan fingerprint density at radius 3 is 2.52 bits per heavy atom. The second-order valence-electron chi connectivity index (χ2n) is 6.78. The predicted molar refractivity (Wildman–Crippen MR) is 121 cm³/mol. The Labute approximate surface area is 175 Å². The number of thioether (sulfide) groups is 1. The molecule has 0 radical (unpaired) electrons. The summed E-state index contributed by atoms with van der Waals surface area (Å²) in [5.74, 6) is 1.10. The maximum absolute atomic E-state index is 5.55. The van der Waals surface area contributed by atoms with Crippen LogP contribution in [-0.4, -0.2) is 85.3 Å². The molecule has 1 N–H and O–H groups in total. The highest BCUT2D eigenvalue weighted by atomic mass is 127. The topological polar surface area (TPSA) is 40.1 Å². The molecule has 0 bridgehead atoms. The van der Waals surface area contributed by atoms with Gasteiger partial charge in [-0.2, -0.15) is 11.8 Å². The summed E-state index contributed by atoms with van der Waals surface area (Å²) in [6.45, 7) is 14.7. The van der Waals surface area contributed by atoms with E-state index in [1.54, 1.807) is 0 Å². The van der Waals surface area contributed by atoms with E-state index in [4.69, 9.17) is 9.73 Å². The molecular formula is C18H37IN4OS. The minimum absolute atomic E-state index is 0. The summed E-state index contributed by atoms with van der Waals surface area (Å²) in [6, 6.07) is 0.668. The molecule has 0 saturated carbocycles. The van der Waals surface area contributed by atoms with E-state index in [0.29, 0.717) is 6.04 Å². The van der Waals surface area contributed by atoms with E-state index in [9.17, 15) is 0 Å². The molecule has 0 amide bonds. The molecule has 0 spiro atoms. The summed E-state index contributed by atoms with van der Waals surface area (Å²) in [5, 5.41) is 3.52. The number of hydrogen-bond acceptors (Lipinski definition) is 4. The molecule has 0 aromatic rings. The lowest BCUT2D eigenvalue weighted by molar-refractivity contribution is 0.0793. The van der Waals surface area contributed by atoms with Crippen LogP contribution in [0.4, 0.5) is 0 Å². The zero-order chi connectivity index (χ0) is 17.4. The largest absolute Gasteiger partial charge is 0.381 e. The Bertz CT molecular complexity index is 401. The van der Waals surface area contributed by atoms with Gasteiger partial charge in [0.15, 0.2) is 5.96 Å². The fraction of sp³-hybridized carbons (Fsp3) is 0.944. The standard InChI is InChI=1S/C18H36N4OS.HI/c1-5-19-17(20-15-18(24-4)9-12-23-13-10-18)22-11-8-16(14-22)21(6-2)7-3;/h16H,5-15H2,1-4H3,(H,19,20);1H. The predicted octanol–water partition coefficient (Wildman–Crippen LogP) is 2.90. The van der Waals surface area contributed by atoms with E-state index < -0.39 is 0 Å². The van der Waals surface area contributed by atoms with Crippen LogP contribution in [0.1, 0.15) is 40.0 Å². The van der Waals surface area contributed by atoms with Gasteiger partial charge in [-0.1, -0.05) is 13.8 Å². The Balaban J connectivity index is 0.00000312. The van der Waals surface area contributed by atoms with Gasteiger partial charge in [-0.15, -0.1) is 24.0 Å². The van der Waals surface area contributed by atoms with Gasteiger partial charge in [0.1, 0.15) is 0 Å². The van der Waals surface area contributed by atoms with E-state index >= 15 is 0 Å². The molecule has 0 aromatic carbocycles. The van der Waals surface area contributed by atoms with E-state index in [0.717, 1.165) is 71.3 Å². The molecule has 2 aliphatic rings. The maximum atomic E-state index is 5.55. The van der Waals surface area contributed by atoms with Gasteiger partial charge in [0.25, 0.3) is 0 Å². The van der Waals surface area contributed by atoms with Gasteiger partial charge < -0.3 is 15.0 Å². The smallest absolute Gasteiger partial charge is 0.194 e. The van der Waals surface area contributed by atoms with E-state index in [2.05, 4.69) is 42.1 Å². The molecule has 1 atom stereocenters. The van der Waals surface area contributed by atoms with Crippen molar-refractivity contribution in [3.8, 4) is 0 Å². The van der Waals surface area contributed by atoms with Crippen LogP contribution in [0.2, 0.25) is 0 Å². The third kappa shape index (κ3) is 6.43. The first-order valence-electron chi connectivity index (χ1n) is 9.58. The minimum atomic E-state index is 0. The fourth-order valence-electron chi connectivity index (χ4n) is 3.79. The molecule has 2 rings (SSSR count). The normalized spacial score (nSPS) is 23.6. The highest BCUT2D eigenvalue weighted by Crippen LogP contribution is 2.34. The highest BCUT2D eigenvalue weighted by Gasteiger charge is 2.33. The number of guanidine groups is 1. The molecule has 2 aliphatic heterocycles. The average molecular weight is 484 g/mol. The van der Waals surface area contributed by atoms with Gasteiger partial charge in [-0.3, -0.25) is 9.89 Å². The third-order valence-electron chi connectivity index (χ3n) is 5.48. The first-order valence-corrected chi connectivity index (χ1v) is 10.8. The van der Waals surface area contributed by atoms with E-state index in [-0.39, 0.29) is 28.7 Å².